The van der Waals surface area contributed by atoms with E-state index in [1.165, 1.54) is 12.1 Å². The predicted molar refractivity (Wildman–Crippen MR) is 61.9 cm³/mol. The number of ketones is 1. The van der Waals surface area contributed by atoms with Crippen LogP contribution in [0, 0.1) is 0 Å². The molecule has 0 aromatic heterocycles. The molecule has 0 heterocycles. The van der Waals surface area contributed by atoms with Crippen molar-refractivity contribution in [1.29, 1.82) is 0 Å². The number of nitrogens with two attached hydrogens (primary N) is 1. The zero-order chi connectivity index (χ0) is 12.1. The lowest BCUT2D eigenvalue weighted by molar-refractivity contribution is 0.0527. The summed E-state index contributed by atoms with van der Waals surface area (Å²) in [7, 11) is 0. The van der Waals surface area contributed by atoms with Gasteiger partial charge in [-0.25, -0.2) is 4.79 Å². The largest absolute Gasteiger partial charge is 0.462 e. The van der Waals surface area contributed by atoms with E-state index in [2.05, 4.69) is 0 Å². The van der Waals surface area contributed by atoms with Crippen molar-refractivity contribution in [3.05, 3.63) is 29.3 Å². The first-order valence-corrected chi connectivity index (χ1v) is 5.30. The maximum Gasteiger partial charge on any atom is 0.340 e. The molecule has 0 atom stereocenters. The van der Waals surface area contributed by atoms with Crippen LogP contribution in [0.2, 0.25) is 0 Å². The fourth-order valence-electron chi connectivity index (χ4n) is 1.27. The van der Waals surface area contributed by atoms with Gasteiger partial charge in [0.1, 0.15) is 0 Å². The van der Waals surface area contributed by atoms with Gasteiger partial charge in [0.15, 0.2) is 5.78 Å². The van der Waals surface area contributed by atoms with E-state index in [4.69, 9.17) is 22.1 Å². The molecule has 0 amide bonds. The van der Waals surface area contributed by atoms with E-state index < -0.39 is 5.97 Å². The van der Waals surface area contributed by atoms with Gasteiger partial charge in [-0.05, 0) is 19.1 Å². The Hall–Kier alpha value is -1.55. The Morgan fingerprint density at radius 2 is 2.00 bits per heavy atom. The van der Waals surface area contributed by atoms with Crippen molar-refractivity contribution in [3.8, 4) is 0 Å². The van der Waals surface area contributed by atoms with Crippen LogP contribution >= 0.6 is 11.6 Å². The van der Waals surface area contributed by atoms with E-state index in [1.54, 1.807) is 13.0 Å². The van der Waals surface area contributed by atoms with Crippen molar-refractivity contribution in [2.24, 2.45) is 0 Å². The van der Waals surface area contributed by atoms with Crippen molar-refractivity contribution in [2.75, 3.05) is 18.2 Å². The number of carbonyl (C=O) groups is 2. The first kappa shape index (κ1) is 12.5. The normalized spacial score (nSPS) is 9.88. The van der Waals surface area contributed by atoms with E-state index in [9.17, 15) is 9.59 Å². The fourth-order valence-corrected chi connectivity index (χ4v) is 1.41. The number of esters is 1. The molecule has 0 radical (unpaired) electrons. The van der Waals surface area contributed by atoms with Gasteiger partial charge in [-0.3, -0.25) is 4.79 Å². The van der Waals surface area contributed by atoms with Crippen molar-refractivity contribution in [2.45, 2.75) is 6.92 Å². The molecule has 86 valence electrons. The van der Waals surface area contributed by atoms with E-state index in [0.717, 1.165) is 0 Å². The second-order valence-corrected chi connectivity index (χ2v) is 3.31. The number of rotatable bonds is 4. The monoisotopic (exact) mass is 241 g/mol. The molecule has 16 heavy (non-hydrogen) atoms. The van der Waals surface area contributed by atoms with Gasteiger partial charge >= 0.3 is 5.97 Å². The molecular weight excluding hydrogens is 230 g/mol. The summed E-state index contributed by atoms with van der Waals surface area (Å²) in [5.41, 5.74) is 6.27. The van der Waals surface area contributed by atoms with Crippen LogP contribution in [0.5, 0.6) is 0 Å². The lowest BCUT2D eigenvalue weighted by Gasteiger charge is -2.08. The molecule has 5 heteroatoms. The third-order valence-corrected chi connectivity index (χ3v) is 2.27. The third kappa shape index (κ3) is 2.52. The standard InChI is InChI=1S/C11H12ClNO3/c1-2-16-11(15)8-5-3-4-7(10(8)13)9(14)6-12/h3-5H,2,6,13H2,1H3. The number of carbonyl (C=O) groups excluding carboxylic acids is 2. The van der Waals surface area contributed by atoms with Gasteiger partial charge in [-0.1, -0.05) is 6.07 Å². The molecule has 0 aliphatic carbocycles. The topological polar surface area (TPSA) is 69.4 Å². The number of para-hydroxylation sites is 1. The lowest BCUT2D eigenvalue weighted by Crippen LogP contribution is -2.12. The molecule has 0 spiro atoms. The Bertz CT molecular complexity index is 418. The third-order valence-electron chi connectivity index (χ3n) is 2.02. The molecule has 0 saturated carbocycles. The molecule has 0 saturated heterocycles. The van der Waals surface area contributed by atoms with Gasteiger partial charge in [0.25, 0.3) is 0 Å². The predicted octanol–water partition coefficient (Wildman–Crippen LogP) is 1.87. The first-order chi connectivity index (χ1) is 7.61. The SMILES string of the molecule is CCOC(=O)c1cccc(C(=O)CCl)c1N. The number of nitrogen functional groups attached to an aromatic ring is 1. The number of benzene rings is 1. The van der Waals surface area contributed by atoms with Crippen LogP contribution in [-0.2, 0) is 4.74 Å². The number of hydrogen-bond acceptors (Lipinski definition) is 4. The summed E-state index contributed by atoms with van der Waals surface area (Å²) in [5, 5.41) is 0. The summed E-state index contributed by atoms with van der Waals surface area (Å²) in [6.45, 7) is 1.95. The number of anilines is 1. The average Bonchev–Trinajstić information content (AvgIpc) is 2.28. The molecule has 1 rings (SSSR count). The van der Waals surface area contributed by atoms with Crippen molar-refractivity contribution >= 4 is 29.0 Å². The second-order valence-electron chi connectivity index (χ2n) is 3.04. The molecule has 0 aliphatic rings. The lowest BCUT2D eigenvalue weighted by atomic mass is 10.0. The maximum atomic E-state index is 11.5. The minimum Gasteiger partial charge on any atom is -0.462 e. The van der Waals surface area contributed by atoms with Gasteiger partial charge in [-0.15, -0.1) is 11.6 Å². The Morgan fingerprint density at radius 1 is 1.38 bits per heavy atom. The number of halogens is 1. The van der Waals surface area contributed by atoms with Gasteiger partial charge in [-0.2, -0.15) is 0 Å². The molecule has 1 aromatic rings. The van der Waals surface area contributed by atoms with Crippen LogP contribution < -0.4 is 5.73 Å². The highest BCUT2D eigenvalue weighted by molar-refractivity contribution is 6.31. The summed E-state index contributed by atoms with van der Waals surface area (Å²) in [4.78, 5) is 22.9. The quantitative estimate of drug-likeness (QED) is 0.378. The molecule has 2 N–H and O–H groups in total. The Kier molecular flexibility index (Phi) is 4.31. The van der Waals surface area contributed by atoms with Crippen LogP contribution in [-0.4, -0.2) is 24.2 Å². The van der Waals surface area contributed by atoms with Gasteiger partial charge in [0.05, 0.1) is 23.7 Å². The molecule has 0 fully saturated rings. The Balaban J connectivity index is 3.13. The second kappa shape index (κ2) is 5.51. The van der Waals surface area contributed by atoms with Gasteiger partial charge < -0.3 is 10.5 Å². The summed E-state index contributed by atoms with van der Waals surface area (Å²) in [6, 6.07) is 4.61. The van der Waals surface area contributed by atoms with Crippen molar-refractivity contribution in [3.63, 3.8) is 0 Å². The number of hydrogen-bond donors (Lipinski definition) is 1. The van der Waals surface area contributed by atoms with E-state index in [1.807, 2.05) is 0 Å². The van der Waals surface area contributed by atoms with Crippen molar-refractivity contribution in [1.82, 2.24) is 0 Å². The summed E-state index contributed by atoms with van der Waals surface area (Å²) in [6.07, 6.45) is 0. The highest BCUT2D eigenvalue weighted by Crippen LogP contribution is 2.19. The number of alkyl halides is 1. The molecule has 1 aromatic carbocycles. The van der Waals surface area contributed by atoms with Gasteiger partial charge in [0.2, 0.25) is 0 Å². The molecule has 0 unspecified atom stereocenters. The average molecular weight is 242 g/mol. The first-order valence-electron chi connectivity index (χ1n) is 4.76. The van der Waals surface area contributed by atoms with Crippen LogP contribution in [0.15, 0.2) is 18.2 Å². The van der Waals surface area contributed by atoms with Crippen LogP contribution in [0.1, 0.15) is 27.6 Å². The van der Waals surface area contributed by atoms with Crippen molar-refractivity contribution < 1.29 is 14.3 Å². The van der Waals surface area contributed by atoms with Crippen LogP contribution in [0.4, 0.5) is 5.69 Å². The number of ether oxygens (including phenoxy) is 1. The zero-order valence-corrected chi connectivity index (χ0v) is 9.58. The zero-order valence-electron chi connectivity index (χ0n) is 8.83. The van der Waals surface area contributed by atoms with E-state index in [0.29, 0.717) is 0 Å². The fraction of sp³-hybridized carbons (Fsp3) is 0.273. The van der Waals surface area contributed by atoms with E-state index in [-0.39, 0.29) is 35.1 Å². The summed E-state index contributed by atoms with van der Waals surface area (Å²) in [5.74, 6) is -1.02. The smallest absolute Gasteiger partial charge is 0.340 e. The minimum absolute atomic E-state index is 0.117. The molecule has 0 aliphatic heterocycles. The van der Waals surface area contributed by atoms with E-state index >= 15 is 0 Å². The maximum absolute atomic E-state index is 11.5. The van der Waals surface area contributed by atoms with Gasteiger partial charge in [0, 0.05) is 5.56 Å². The molecule has 4 nitrogen and oxygen atoms in total. The summed E-state index contributed by atoms with van der Waals surface area (Å²) >= 11 is 5.43. The Morgan fingerprint density at radius 3 is 2.56 bits per heavy atom. The summed E-state index contributed by atoms with van der Waals surface area (Å²) < 4.78 is 4.81. The minimum atomic E-state index is -0.538. The Labute approximate surface area is 98.3 Å². The molecule has 0 bridgehead atoms. The van der Waals surface area contributed by atoms with Crippen LogP contribution in [0.3, 0.4) is 0 Å². The molecular formula is C11H12ClNO3. The van der Waals surface area contributed by atoms with Crippen LogP contribution in [0.25, 0.3) is 0 Å². The highest BCUT2D eigenvalue weighted by atomic mass is 35.5. The number of Topliss-reactive ketones (excluding diaryl/α,β-unsaturated/α-hetero) is 1. The highest BCUT2D eigenvalue weighted by Gasteiger charge is 2.16.